The molecule has 0 aliphatic carbocycles. The van der Waals surface area contributed by atoms with Gasteiger partial charge in [0.05, 0.1) is 0 Å². The molecule has 1 aromatic rings. The molecule has 1 aromatic heterocycles. The molecule has 0 N–H and O–H groups in total. The summed E-state index contributed by atoms with van der Waals surface area (Å²) >= 11 is 0. The van der Waals surface area contributed by atoms with E-state index in [0.29, 0.717) is 6.04 Å². The maximum absolute atomic E-state index is 5.47. The lowest BCUT2D eigenvalue weighted by Gasteiger charge is -2.04. The Morgan fingerprint density at radius 1 is 1.50 bits per heavy atom. The van der Waals surface area contributed by atoms with Gasteiger partial charge in [0.15, 0.2) is 12.2 Å². The summed E-state index contributed by atoms with van der Waals surface area (Å²) in [5.41, 5.74) is 0. The van der Waals surface area contributed by atoms with E-state index < -0.39 is 0 Å². The molecule has 0 atom stereocenters. The van der Waals surface area contributed by atoms with Crippen molar-refractivity contribution in [1.29, 1.82) is 0 Å². The average molecular weight is 169 g/mol. The van der Waals surface area contributed by atoms with Gasteiger partial charge in [0.25, 0.3) is 0 Å². The van der Waals surface area contributed by atoms with Crippen LogP contribution in [-0.2, 0) is 0 Å². The third-order valence-corrected chi connectivity index (χ3v) is 1.64. The molecule has 0 fully saturated rings. The molecule has 0 unspecified atom stereocenters. The van der Waals surface area contributed by atoms with Crippen molar-refractivity contribution in [2.24, 2.45) is 0 Å². The van der Waals surface area contributed by atoms with Crippen molar-refractivity contribution in [3.05, 3.63) is 18.5 Å². The second kappa shape index (κ2) is 4.14. The predicted octanol–water partition coefficient (Wildman–Crippen LogP) is 1.20. The smallest absolute Gasteiger partial charge is 0.199 e. The van der Waals surface area contributed by atoms with Crippen LogP contribution in [-0.4, -0.2) is 11.5 Å². The highest BCUT2D eigenvalue weighted by Crippen LogP contribution is 1.90. The maximum Gasteiger partial charge on any atom is 0.199 e. The van der Waals surface area contributed by atoms with E-state index in [-0.39, 0.29) is 0 Å². The summed E-state index contributed by atoms with van der Waals surface area (Å²) in [5, 5.41) is 0. The fraction of sp³-hybridized carbons (Fsp3) is 0.667. The van der Waals surface area contributed by atoms with Gasteiger partial charge in [-0.3, -0.25) is 0 Å². The first kappa shape index (κ1) is 9.10. The molecule has 3 nitrogen and oxygen atoms in total. The minimum Gasteiger partial charge on any atom is -0.369 e. The van der Waals surface area contributed by atoms with E-state index in [1.807, 2.05) is 18.5 Å². The lowest BCUT2D eigenvalue weighted by molar-refractivity contribution is -0.814. The molecule has 0 aliphatic heterocycles. The van der Waals surface area contributed by atoms with Gasteiger partial charge in [-0.25, -0.2) is 0 Å². The standard InChI is InChI=1S/C9H17N2O/c1-4-8-12-11-7-5-6-10(11)9(2)3/h5-7,9H,4,8H2,1-3H3/q+1. The molecule has 0 aromatic carbocycles. The van der Waals surface area contributed by atoms with Crippen LogP contribution >= 0.6 is 0 Å². The van der Waals surface area contributed by atoms with E-state index in [0.717, 1.165) is 13.0 Å². The minimum atomic E-state index is 0.442. The summed E-state index contributed by atoms with van der Waals surface area (Å²) in [6.07, 6.45) is 4.98. The molecule has 0 aliphatic rings. The predicted molar refractivity (Wildman–Crippen MR) is 46.8 cm³/mol. The molecular weight excluding hydrogens is 152 g/mol. The summed E-state index contributed by atoms with van der Waals surface area (Å²) in [7, 11) is 0. The van der Waals surface area contributed by atoms with Crippen LogP contribution < -0.4 is 9.52 Å². The molecular formula is C9H17N2O+. The highest BCUT2D eigenvalue weighted by Gasteiger charge is 2.11. The highest BCUT2D eigenvalue weighted by atomic mass is 16.7. The Morgan fingerprint density at radius 2 is 2.25 bits per heavy atom. The molecule has 0 saturated heterocycles. The van der Waals surface area contributed by atoms with Crippen molar-refractivity contribution >= 4 is 0 Å². The maximum atomic E-state index is 5.47. The van der Waals surface area contributed by atoms with Gasteiger partial charge >= 0.3 is 0 Å². The third-order valence-electron chi connectivity index (χ3n) is 1.64. The number of hydrogen-bond acceptors (Lipinski definition) is 1. The number of aromatic nitrogens is 2. The van der Waals surface area contributed by atoms with E-state index in [4.69, 9.17) is 4.84 Å². The Bertz CT molecular complexity index is 230. The Balaban J connectivity index is 2.64. The first-order valence-electron chi connectivity index (χ1n) is 4.47. The molecule has 0 saturated carbocycles. The van der Waals surface area contributed by atoms with Gasteiger partial charge in [-0.1, -0.05) is 11.6 Å². The lowest BCUT2D eigenvalue weighted by atomic mass is 10.4. The normalized spacial score (nSPS) is 10.7. The molecule has 3 heteroatoms. The van der Waals surface area contributed by atoms with E-state index in [1.165, 1.54) is 0 Å². The monoisotopic (exact) mass is 169 g/mol. The fourth-order valence-electron chi connectivity index (χ4n) is 1.04. The Morgan fingerprint density at radius 3 is 2.83 bits per heavy atom. The minimum absolute atomic E-state index is 0.442. The van der Waals surface area contributed by atoms with Gasteiger partial charge in [-0.15, -0.1) is 0 Å². The zero-order chi connectivity index (χ0) is 8.97. The van der Waals surface area contributed by atoms with Crippen LogP contribution in [0.2, 0.25) is 0 Å². The Labute approximate surface area is 73.5 Å². The van der Waals surface area contributed by atoms with E-state index >= 15 is 0 Å². The second-order valence-corrected chi connectivity index (χ2v) is 3.10. The summed E-state index contributed by atoms with van der Waals surface area (Å²) in [6.45, 7) is 7.13. The summed E-state index contributed by atoms with van der Waals surface area (Å²) in [6, 6.07) is 2.42. The van der Waals surface area contributed by atoms with Crippen LogP contribution in [0.5, 0.6) is 0 Å². The molecule has 68 valence electrons. The van der Waals surface area contributed by atoms with Gasteiger partial charge in [-0.05, 0) is 20.3 Å². The lowest BCUT2D eigenvalue weighted by Crippen LogP contribution is -2.47. The van der Waals surface area contributed by atoms with Crippen LogP contribution in [0.25, 0.3) is 0 Å². The molecule has 12 heavy (non-hydrogen) atoms. The van der Waals surface area contributed by atoms with Gasteiger partial charge in [-0.2, -0.15) is 0 Å². The quantitative estimate of drug-likeness (QED) is 0.619. The number of rotatable bonds is 4. The third kappa shape index (κ3) is 2.00. The van der Waals surface area contributed by atoms with Crippen molar-refractivity contribution in [2.75, 3.05) is 6.61 Å². The van der Waals surface area contributed by atoms with Crippen LogP contribution in [0.15, 0.2) is 18.5 Å². The summed E-state index contributed by atoms with van der Waals surface area (Å²) in [4.78, 5) is 7.25. The summed E-state index contributed by atoms with van der Waals surface area (Å²) in [5.74, 6) is 0. The second-order valence-electron chi connectivity index (χ2n) is 3.10. The van der Waals surface area contributed by atoms with Crippen LogP contribution in [0, 0.1) is 0 Å². The zero-order valence-electron chi connectivity index (χ0n) is 8.03. The van der Waals surface area contributed by atoms with Gasteiger partial charge in [0.1, 0.15) is 12.8 Å². The van der Waals surface area contributed by atoms with E-state index in [1.54, 1.807) is 4.85 Å². The van der Waals surface area contributed by atoms with Crippen molar-refractivity contribution in [3.63, 3.8) is 0 Å². The highest BCUT2D eigenvalue weighted by molar-refractivity contribution is 4.69. The zero-order valence-corrected chi connectivity index (χ0v) is 8.03. The fourth-order valence-corrected chi connectivity index (χ4v) is 1.04. The van der Waals surface area contributed by atoms with Gasteiger partial charge in [0, 0.05) is 10.9 Å². The Kier molecular flexibility index (Phi) is 3.14. The first-order chi connectivity index (χ1) is 5.75. The van der Waals surface area contributed by atoms with Crippen LogP contribution in [0.1, 0.15) is 33.2 Å². The topological polar surface area (TPSA) is 18.0 Å². The van der Waals surface area contributed by atoms with E-state index in [2.05, 4.69) is 25.5 Å². The Hall–Kier alpha value is -0.990. The average Bonchev–Trinajstić information content (AvgIpc) is 2.48. The molecule has 0 bridgehead atoms. The van der Waals surface area contributed by atoms with Crippen LogP contribution in [0.4, 0.5) is 0 Å². The largest absolute Gasteiger partial charge is 0.369 e. The summed E-state index contributed by atoms with van der Waals surface area (Å²) < 4.78 is 2.05. The molecule has 0 radical (unpaired) electrons. The van der Waals surface area contributed by atoms with Crippen LogP contribution in [0.3, 0.4) is 0 Å². The van der Waals surface area contributed by atoms with Gasteiger partial charge < -0.3 is 4.84 Å². The molecule has 0 amide bonds. The number of nitrogens with zero attached hydrogens (tertiary/aromatic N) is 2. The van der Waals surface area contributed by atoms with Crippen molar-refractivity contribution in [2.45, 2.75) is 33.2 Å². The SMILES string of the molecule is CCCOn1ccc[n+]1C(C)C. The van der Waals surface area contributed by atoms with Gasteiger partial charge in [0.2, 0.25) is 0 Å². The molecule has 0 spiro atoms. The molecule has 1 rings (SSSR count). The van der Waals surface area contributed by atoms with Crippen molar-refractivity contribution in [1.82, 2.24) is 4.85 Å². The van der Waals surface area contributed by atoms with Crippen molar-refractivity contribution < 1.29 is 9.52 Å². The number of hydrogen-bond donors (Lipinski definition) is 0. The first-order valence-corrected chi connectivity index (χ1v) is 4.47. The van der Waals surface area contributed by atoms with E-state index in [9.17, 15) is 0 Å². The van der Waals surface area contributed by atoms with Crippen molar-refractivity contribution in [3.8, 4) is 0 Å². The molecule has 1 heterocycles.